The zero-order chi connectivity index (χ0) is 21.0. The van der Waals surface area contributed by atoms with E-state index >= 15 is 0 Å². The first-order chi connectivity index (χ1) is 13.5. The van der Waals surface area contributed by atoms with Gasteiger partial charge in [0.1, 0.15) is 5.78 Å². The first-order valence-electron chi connectivity index (χ1n) is 10.6. The van der Waals surface area contributed by atoms with E-state index in [-0.39, 0.29) is 11.9 Å². The molecule has 8 nitrogen and oxygen atoms in total. The van der Waals surface area contributed by atoms with E-state index in [4.69, 9.17) is 20.9 Å². The molecule has 0 aliphatic rings. The predicted molar refractivity (Wildman–Crippen MR) is 112 cm³/mol. The van der Waals surface area contributed by atoms with Gasteiger partial charge in [-0.3, -0.25) is 9.59 Å². The molecule has 2 atom stereocenters. The second kappa shape index (κ2) is 19.3. The van der Waals surface area contributed by atoms with Crippen molar-refractivity contribution in [1.82, 2.24) is 10.6 Å². The molecule has 166 valence electrons. The number of hydrogen-bond donors (Lipinski definition) is 4. The number of ketones is 1. The maximum Gasteiger partial charge on any atom is 0.221 e. The lowest BCUT2D eigenvalue weighted by molar-refractivity contribution is -0.121. The lowest BCUT2D eigenvalue weighted by Crippen LogP contribution is -2.36. The topological polar surface area (TPSA) is 129 Å². The van der Waals surface area contributed by atoms with Crippen molar-refractivity contribution in [2.45, 2.75) is 58.4 Å². The van der Waals surface area contributed by atoms with Crippen molar-refractivity contribution in [1.29, 1.82) is 0 Å². The Morgan fingerprint density at radius 3 is 2.25 bits per heavy atom. The van der Waals surface area contributed by atoms with Crippen LogP contribution in [0.2, 0.25) is 0 Å². The number of nitrogens with one attached hydrogen (secondary N) is 2. The van der Waals surface area contributed by atoms with Gasteiger partial charge in [0.25, 0.3) is 0 Å². The highest BCUT2D eigenvalue weighted by atomic mass is 16.5. The van der Waals surface area contributed by atoms with Crippen LogP contribution >= 0.6 is 0 Å². The van der Waals surface area contributed by atoms with E-state index in [1.807, 2.05) is 6.92 Å². The van der Waals surface area contributed by atoms with Crippen molar-refractivity contribution in [2.24, 2.45) is 17.4 Å². The molecule has 0 heterocycles. The maximum absolute atomic E-state index is 11.6. The number of rotatable bonds is 20. The van der Waals surface area contributed by atoms with Crippen LogP contribution in [0.1, 0.15) is 52.4 Å². The molecular formula is C20H42N4O4. The summed E-state index contributed by atoms with van der Waals surface area (Å²) >= 11 is 0. The summed E-state index contributed by atoms with van der Waals surface area (Å²) in [5.41, 5.74) is 10.7. The van der Waals surface area contributed by atoms with E-state index in [9.17, 15) is 9.59 Å². The Bertz CT molecular complexity index is 360. The van der Waals surface area contributed by atoms with Crippen molar-refractivity contribution in [3.05, 3.63) is 0 Å². The van der Waals surface area contributed by atoms with Gasteiger partial charge in [-0.05, 0) is 38.6 Å². The van der Waals surface area contributed by atoms with Crippen LogP contribution in [0.15, 0.2) is 0 Å². The average Bonchev–Trinajstić information content (AvgIpc) is 2.67. The van der Waals surface area contributed by atoms with E-state index in [2.05, 4.69) is 17.6 Å². The van der Waals surface area contributed by atoms with Crippen LogP contribution < -0.4 is 22.1 Å². The number of carbonyl (C=O) groups is 2. The molecule has 0 rings (SSSR count). The van der Waals surface area contributed by atoms with Crippen LogP contribution in [0.5, 0.6) is 0 Å². The first kappa shape index (κ1) is 26.9. The molecule has 0 aromatic rings. The Balaban J connectivity index is 3.45. The van der Waals surface area contributed by atoms with Crippen LogP contribution in [0.4, 0.5) is 0 Å². The Hall–Kier alpha value is -1.06. The van der Waals surface area contributed by atoms with E-state index in [1.54, 1.807) is 0 Å². The molecule has 2 unspecified atom stereocenters. The van der Waals surface area contributed by atoms with Gasteiger partial charge in [-0.25, -0.2) is 0 Å². The molecule has 28 heavy (non-hydrogen) atoms. The van der Waals surface area contributed by atoms with E-state index < -0.39 is 0 Å². The van der Waals surface area contributed by atoms with E-state index in [0.717, 1.165) is 19.3 Å². The van der Waals surface area contributed by atoms with Gasteiger partial charge in [-0.2, -0.15) is 0 Å². The number of ether oxygens (including phenoxy) is 2. The number of amides is 1. The Morgan fingerprint density at radius 2 is 1.57 bits per heavy atom. The van der Waals surface area contributed by atoms with Crippen LogP contribution in [0, 0.1) is 5.92 Å². The smallest absolute Gasteiger partial charge is 0.221 e. The monoisotopic (exact) mass is 402 g/mol. The Labute approximate surface area is 170 Å². The standard InChI is InChI=1S/C20H42N4O4/c1-17(5-3-6-19(25)7-4-9-21)15-27-13-14-28-16-18(2)23-11-8-20(26)24-12-10-22/h17-18,23H,3-16,21-22H2,1-2H3,(H,24,26). The summed E-state index contributed by atoms with van der Waals surface area (Å²) < 4.78 is 11.2. The fourth-order valence-corrected chi connectivity index (χ4v) is 2.61. The molecule has 1 amide bonds. The van der Waals surface area contributed by atoms with Gasteiger partial charge in [0.2, 0.25) is 5.91 Å². The van der Waals surface area contributed by atoms with Gasteiger partial charge < -0.3 is 31.6 Å². The second-order valence-corrected chi connectivity index (χ2v) is 7.32. The second-order valence-electron chi connectivity index (χ2n) is 7.32. The highest BCUT2D eigenvalue weighted by Crippen LogP contribution is 2.10. The Kier molecular flexibility index (Phi) is 18.5. The summed E-state index contributed by atoms with van der Waals surface area (Å²) in [4.78, 5) is 23.0. The maximum atomic E-state index is 11.6. The third-order valence-electron chi connectivity index (χ3n) is 4.27. The lowest BCUT2D eigenvalue weighted by Gasteiger charge is -2.15. The summed E-state index contributed by atoms with van der Waals surface area (Å²) in [6.07, 6.45) is 4.38. The molecule has 0 aliphatic heterocycles. The van der Waals surface area contributed by atoms with Crippen LogP contribution in [-0.4, -0.2) is 70.3 Å². The largest absolute Gasteiger partial charge is 0.379 e. The van der Waals surface area contributed by atoms with Gasteiger partial charge in [0, 0.05) is 51.5 Å². The number of hydrogen-bond acceptors (Lipinski definition) is 7. The third-order valence-corrected chi connectivity index (χ3v) is 4.27. The number of Topliss-reactive ketones (excluding diaryl/α,β-unsaturated/α-hetero) is 1. The SMILES string of the molecule is CC(CCCC(=O)CCCN)COCCOCC(C)NCCC(=O)NCCN. The van der Waals surface area contributed by atoms with Gasteiger partial charge in [-0.1, -0.05) is 6.92 Å². The number of nitrogens with two attached hydrogens (primary N) is 2. The first-order valence-corrected chi connectivity index (χ1v) is 10.6. The molecule has 0 fully saturated rings. The summed E-state index contributed by atoms with van der Waals surface area (Å²) in [6.45, 7) is 8.71. The van der Waals surface area contributed by atoms with Crippen LogP contribution in [0.25, 0.3) is 0 Å². The molecule has 0 saturated heterocycles. The minimum Gasteiger partial charge on any atom is -0.379 e. The molecule has 0 aromatic carbocycles. The van der Waals surface area contributed by atoms with Crippen molar-refractivity contribution >= 4 is 11.7 Å². The third kappa shape index (κ3) is 18.3. The highest BCUT2D eigenvalue weighted by molar-refractivity contribution is 5.78. The quantitative estimate of drug-likeness (QED) is 0.219. The molecule has 0 aromatic heterocycles. The van der Waals surface area contributed by atoms with Crippen LogP contribution in [0.3, 0.4) is 0 Å². The van der Waals surface area contributed by atoms with Crippen molar-refractivity contribution < 1.29 is 19.1 Å². The van der Waals surface area contributed by atoms with Gasteiger partial charge in [0.15, 0.2) is 0 Å². The van der Waals surface area contributed by atoms with E-state index in [0.29, 0.717) is 83.6 Å². The van der Waals surface area contributed by atoms with Crippen molar-refractivity contribution in [3.8, 4) is 0 Å². The van der Waals surface area contributed by atoms with Gasteiger partial charge in [-0.15, -0.1) is 0 Å². The van der Waals surface area contributed by atoms with Gasteiger partial charge in [0.05, 0.1) is 19.8 Å². The fourth-order valence-electron chi connectivity index (χ4n) is 2.61. The van der Waals surface area contributed by atoms with Crippen molar-refractivity contribution in [2.75, 3.05) is 52.6 Å². The number of carbonyl (C=O) groups excluding carboxylic acids is 2. The summed E-state index contributed by atoms with van der Waals surface area (Å²) in [6, 6.07) is 0.179. The molecule has 0 spiro atoms. The molecule has 0 radical (unpaired) electrons. The van der Waals surface area contributed by atoms with Crippen molar-refractivity contribution in [3.63, 3.8) is 0 Å². The molecule has 0 saturated carbocycles. The fraction of sp³-hybridized carbons (Fsp3) is 0.900. The molecule has 0 aliphatic carbocycles. The zero-order valence-corrected chi connectivity index (χ0v) is 17.8. The average molecular weight is 403 g/mol. The minimum absolute atomic E-state index is 0.00788. The summed E-state index contributed by atoms with van der Waals surface area (Å²) in [5.74, 6) is 0.757. The molecule has 0 bridgehead atoms. The summed E-state index contributed by atoms with van der Waals surface area (Å²) in [5, 5.41) is 5.99. The normalized spacial score (nSPS) is 13.3. The highest BCUT2D eigenvalue weighted by Gasteiger charge is 2.07. The Morgan fingerprint density at radius 1 is 0.893 bits per heavy atom. The van der Waals surface area contributed by atoms with Crippen LogP contribution in [-0.2, 0) is 19.1 Å². The molecule has 6 N–H and O–H groups in total. The minimum atomic E-state index is 0.00788. The van der Waals surface area contributed by atoms with E-state index in [1.165, 1.54) is 0 Å². The van der Waals surface area contributed by atoms with Gasteiger partial charge >= 0.3 is 0 Å². The lowest BCUT2D eigenvalue weighted by atomic mass is 10.0. The summed E-state index contributed by atoms with van der Waals surface area (Å²) in [7, 11) is 0. The molecule has 8 heteroatoms. The zero-order valence-electron chi connectivity index (χ0n) is 17.8. The molecular weight excluding hydrogens is 360 g/mol. The predicted octanol–water partition coefficient (Wildman–Crippen LogP) is 0.577.